The normalized spacial score (nSPS) is 41.0. The first-order chi connectivity index (χ1) is 29.7. The van der Waals surface area contributed by atoms with Crippen molar-refractivity contribution in [1.29, 1.82) is 0 Å². The molecule has 350 valence electrons. The van der Waals surface area contributed by atoms with Gasteiger partial charge in [0.25, 0.3) is 0 Å². The fourth-order valence-electron chi connectivity index (χ4n) is 7.55. The van der Waals surface area contributed by atoms with Gasteiger partial charge in [0, 0.05) is 17.7 Å². The summed E-state index contributed by atoms with van der Waals surface area (Å²) in [6.07, 6.45) is -33.4. The quantitative estimate of drug-likeness (QED) is 0.0855. The summed E-state index contributed by atoms with van der Waals surface area (Å²) in [4.78, 5) is 14.5. The summed E-state index contributed by atoms with van der Waals surface area (Å²) in [5.74, 6) is -3.77. The first-order valence-corrected chi connectivity index (χ1v) is 19.8. The van der Waals surface area contributed by atoms with Crippen molar-refractivity contribution in [1.82, 2.24) is 0 Å². The minimum Gasteiger partial charge on any atom is -0.507 e. The van der Waals surface area contributed by atoms with E-state index in [0.717, 1.165) is 24.3 Å². The summed E-state index contributed by atoms with van der Waals surface area (Å²) in [6, 6.07) is 5.17. The zero-order chi connectivity index (χ0) is 45.9. The largest absolute Gasteiger partial charge is 0.507 e. The Balaban J connectivity index is 1.28. The van der Waals surface area contributed by atoms with E-state index in [1.54, 1.807) is 0 Å². The number of rotatable bonds is 10. The van der Waals surface area contributed by atoms with Crippen LogP contribution in [0.5, 0.6) is 28.7 Å². The highest BCUT2D eigenvalue weighted by atomic mass is 16.8. The molecule has 0 spiro atoms. The van der Waals surface area contributed by atoms with Gasteiger partial charge in [0.2, 0.25) is 23.8 Å². The van der Waals surface area contributed by atoms with E-state index >= 15 is 0 Å². The van der Waals surface area contributed by atoms with Crippen molar-refractivity contribution in [2.75, 3.05) is 6.61 Å². The number of hydrogen-bond acceptors (Lipinski definition) is 24. The van der Waals surface area contributed by atoms with Crippen molar-refractivity contribution in [3.8, 4) is 40.1 Å². The molecule has 4 fully saturated rings. The van der Waals surface area contributed by atoms with E-state index in [1.807, 2.05) is 0 Å². The number of fused-ring (bicyclic) bond motifs is 1. The Morgan fingerprint density at radius 2 is 1.10 bits per heavy atom. The fourth-order valence-corrected chi connectivity index (χ4v) is 7.55. The van der Waals surface area contributed by atoms with Crippen LogP contribution in [-0.2, 0) is 28.4 Å². The van der Waals surface area contributed by atoms with Crippen LogP contribution in [0.1, 0.15) is 20.8 Å². The molecule has 0 amide bonds. The second-order valence-corrected chi connectivity index (χ2v) is 15.8. The number of ether oxygens (including phenoxy) is 8. The van der Waals surface area contributed by atoms with E-state index in [0.29, 0.717) is 0 Å². The molecule has 0 radical (unpaired) electrons. The third kappa shape index (κ3) is 9.01. The summed E-state index contributed by atoms with van der Waals surface area (Å²) in [7, 11) is 0. The number of aromatic hydroxyl groups is 3. The molecule has 0 bridgehead atoms. The van der Waals surface area contributed by atoms with Gasteiger partial charge in [0.1, 0.15) is 95.7 Å². The lowest BCUT2D eigenvalue weighted by Crippen LogP contribution is -2.65. The van der Waals surface area contributed by atoms with Crippen molar-refractivity contribution in [3.63, 3.8) is 0 Å². The first-order valence-electron chi connectivity index (χ1n) is 19.8. The molecule has 20 atom stereocenters. The Labute approximate surface area is 355 Å². The SMILES string of the molecule is C[C@H]1O[C@@H](OC[C@H]2O[C@@H](Oc3c(-c4ccc(O)c(O)c4)oc4cc(O[C@H]5O[C@H](C)[C@@H](O)[C@H](O)[C@@H]5O)cc(O)c4c3=O)[C@H](O[C@@H]3O[C@H](C)[C@@H](O)[C@H](O)[C@@H]3O)[C@@H](O)[C@H]2O)[C@@H](O)[C@@H](O)[C@@H]1O. The van der Waals surface area contributed by atoms with Crippen molar-refractivity contribution >= 4 is 11.0 Å². The number of aliphatic hydroxyl groups is 11. The van der Waals surface area contributed by atoms with Crippen LogP contribution in [0.3, 0.4) is 0 Å². The average molecular weight is 903 g/mol. The van der Waals surface area contributed by atoms with Crippen LogP contribution in [0.4, 0.5) is 0 Å². The Hall–Kier alpha value is -4.03. The van der Waals surface area contributed by atoms with Crippen molar-refractivity contribution in [3.05, 3.63) is 40.6 Å². The molecule has 4 aliphatic heterocycles. The molecule has 0 unspecified atom stereocenters. The maximum absolute atomic E-state index is 14.5. The van der Waals surface area contributed by atoms with Crippen LogP contribution < -0.4 is 14.9 Å². The summed E-state index contributed by atoms with van der Waals surface area (Å²) in [5, 5.41) is 147. The van der Waals surface area contributed by atoms with Gasteiger partial charge in [0.15, 0.2) is 35.9 Å². The maximum Gasteiger partial charge on any atom is 0.239 e. The molecule has 3 aromatic rings. The molecule has 24 nitrogen and oxygen atoms in total. The lowest BCUT2D eigenvalue weighted by atomic mass is 9.97. The zero-order valence-corrected chi connectivity index (χ0v) is 33.5. The first kappa shape index (κ1) is 46.9. The molecular formula is C39H50O24. The lowest BCUT2D eigenvalue weighted by Gasteiger charge is -2.46. The molecule has 4 saturated heterocycles. The van der Waals surface area contributed by atoms with Crippen molar-refractivity contribution < 1.29 is 114 Å². The second kappa shape index (κ2) is 18.5. The van der Waals surface area contributed by atoms with Crippen LogP contribution in [0.2, 0.25) is 0 Å². The fraction of sp³-hybridized carbons (Fsp3) is 0.615. The van der Waals surface area contributed by atoms with Gasteiger partial charge in [-0.05, 0) is 39.0 Å². The molecule has 14 N–H and O–H groups in total. The standard InChI is InChI=1S/C39H50O24/c1-10-21(43)26(48)30(52)36(56-10)55-9-19-24(46)29(51)35(63-38-32(54)28(50)23(45)12(3)58-38)39(61-19)62-34-25(47)20-17(42)7-14(59-37-31(53)27(49)22(44)11(2)57-37)8-18(20)60-33(34)13-4-5-15(40)16(41)6-13/h4-8,10-12,19,21-24,26-32,35-46,48-54H,9H2,1-3H3/t10-,11-,12-,19-,21-,22-,23-,24+,26+,27+,28+,29+,30+,31+,32+,35-,36-,37-,38+,39+/m1/s1. The topological polar surface area (TPSA) is 387 Å². The zero-order valence-electron chi connectivity index (χ0n) is 33.5. The summed E-state index contributed by atoms with van der Waals surface area (Å²) in [6.45, 7) is 3.38. The van der Waals surface area contributed by atoms with Crippen LogP contribution in [-0.4, -0.2) is 201 Å². The minimum atomic E-state index is -2.10. The third-order valence-corrected chi connectivity index (χ3v) is 11.4. The van der Waals surface area contributed by atoms with Gasteiger partial charge in [-0.2, -0.15) is 0 Å². The minimum absolute atomic E-state index is 0.161. The number of benzene rings is 2. The number of phenols is 3. The van der Waals surface area contributed by atoms with Crippen LogP contribution in [0.25, 0.3) is 22.3 Å². The molecule has 24 heteroatoms. The van der Waals surface area contributed by atoms with Crippen LogP contribution in [0.15, 0.2) is 39.5 Å². The highest BCUT2D eigenvalue weighted by molar-refractivity contribution is 5.88. The molecule has 1 aromatic heterocycles. The Morgan fingerprint density at radius 1 is 0.540 bits per heavy atom. The van der Waals surface area contributed by atoms with E-state index in [4.69, 9.17) is 42.3 Å². The van der Waals surface area contributed by atoms with E-state index in [9.17, 15) is 76.3 Å². The van der Waals surface area contributed by atoms with Crippen molar-refractivity contribution in [2.24, 2.45) is 0 Å². The monoisotopic (exact) mass is 902 g/mol. The average Bonchev–Trinajstić information content (AvgIpc) is 3.24. The molecular weight excluding hydrogens is 852 g/mol. The summed E-state index contributed by atoms with van der Waals surface area (Å²) >= 11 is 0. The summed E-state index contributed by atoms with van der Waals surface area (Å²) in [5.41, 5.74) is -1.75. The van der Waals surface area contributed by atoms with E-state index in [2.05, 4.69) is 0 Å². The molecule has 0 saturated carbocycles. The Bertz CT molecular complexity index is 2130. The van der Waals surface area contributed by atoms with E-state index in [-0.39, 0.29) is 11.3 Å². The third-order valence-electron chi connectivity index (χ3n) is 11.4. The molecule has 2 aromatic carbocycles. The predicted molar refractivity (Wildman–Crippen MR) is 203 cm³/mol. The maximum atomic E-state index is 14.5. The van der Waals surface area contributed by atoms with Gasteiger partial charge in [-0.15, -0.1) is 0 Å². The van der Waals surface area contributed by atoms with Gasteiger partial charge in [-0.25, -0.2) is 0 Å². The molecule has 5 heterocycles. The lowest BCUT2D eigenvalue weighted by molar-refractivity contribution is -0.360. The van der Waals surface area contributed by atoms with Crippen LogP contribution >= 0.6 is 0 Å². The predicted octanol–water partition coefficient (Wildman–Crippen LogP) is -4.33. The molecule has 0 aliphatic carbocycles. The van der Waals surface area contributed by atoms with E-state index in [1.165, 1.54) is 26.8 Å². The highest BCUT2D eigenvalue weighted by Gasteiger charge is 2.52. The Kier molecular flexibility index (Phi) is 13.8. The second-order valence-electron chi connectivity index (χ2n) is 15.8. The molecule has 63 heavy (non-hydrogen) atoms. The van der Waals surface area contributed by atoms with Gasteiger partial charge in [-0.1, -0.05) is 0 Å². The molecule has 7 rings (SSSR count). The summed E-state index contributed by atoms with van der Waals surface area (Å²) < 4.78 is 51.8. The van der Waals surface area contributed by atoms with Gasteiger partial charge in [0.05, 0.1) is 24.9 Å². The number of aliphatic hydroxyl groups excluding tert-OH is 11. The smallest absolute Gasteiger partial charge is 0.239 e. The van der Waals surface area contributed by atoms with Gasteiger partial charge >= 0.3 is 0 Å². The molecule has 4 aliphatic rings. The van der Waals surface area contributed by atoms with Gasteiger partial charge in [-0.3, -0.25) is 4.79 Å². The van der Waals surface area contributed by atoms with Crippen LogP contribution in [0, 0.1) is 0 Å². The highest BCUT2D eigenvalue weighted by Crippen LogP contribution is 2.41. The Morgan fingerprint density at radius 3 is 1.70 bits per heavy atom. The van der Waals surface area contributed by atoms with Gasteiger partial charge < -0.3 is 114 Å². The van der Waals surface area contributed by atoms with E-state index < -0.39 is 175 Å². The number of phenolic OH excluding ortho intramolecular Hbond substituents is 3. The van der Waals surface area contributed by atoms with Crippen molar-refractivity contribution in [2.45, 2.75) is 144 Å². The number of hydrogen-bond donors (Lipinski definition) is 14.